The van der Waals surface area contributed by atoms with Gasteiger partial charge in [0.15, 0.2) is 0 Å². The van der Waals surface area contributed by atoms with Crippen molar-refractivity contribution in [3.05, 3.63) is 30.3 Å². The van der Waals surface area contributed by atoms with E-state index in [1.807, 2.05) is 30.3 Å². The van der Waals surface area contributed by atoms with E-state index in [-0.39, 0.29) is 25.2 Å². The molecule has 1 rings (SSSR count). The van der Waals surface area contributed by atoms with Crippen LogP contribution in [0.1, 0.15) is 25.7 Å². The lowest BCUT2D eigenvalue weighted by Gasteiger charge is -2.03. The fourth-order valence-electron chi connectivity index (χ4n) is 1.44. The van der Waals surface area contributed by atoms with Crippen LogP contribution in [0.2, 0.25) is 0 Å². The number of aliphatic carboxylic acids is 1. The molecule has 23 heavy (non-hydrogen) atoms. The van der Waals surface area contributed by atoms with E-state index in [9.17, 15) is 14.4 Å². The lowest BCUT2D eigenvalue weighted by Crippen LogP contribution is -2.25. The van der Waals surface area contributed by atoms with Crippen molar-refractivity contribution in [1.82, 2.24) is 5.32 Å². The van der Waals surface area contributed by atoms with Gasteiger partial charge in [-0.3, -0.25) is 14.7 Å². The van der Waals surface area contributed by atoms with Crippen LogP contribution in [0, 0.1) is 0 Å². The molecule has 0 heterocycles. The molecule has 0 radical (unpaired) electrons. The molecule has 0 saturated heterocycles. The van der Waals surface area contributed by atoms with E-state index in [1.54, 1.807) is 0 Å². The van der Waals surface area contributed by atoms with Gasteiger partial charge >= 0.3 is 5.97 Å². The number of benzene rings is 1. The van der Waals surface area contributed by atoms with Gasteiger partial charge in [-0.05, 0) is 25.0 Å². The van der Waals surface area contributed by atoms with Crippen LogP contribution < -0.4 is 16.2 Å². The summed E-state index contributed by atoms with van der Waals surface area (Å²) in [6.07, 6.45) is 1.14. The summed E-state index contributed by atoms with van der Waals surface area (Å²) in [4.78, 5) is 32.0. The Morgan fingerprint density at radius 3 is 2.22 bits per heavy atom. The molecule has 1 amide bonds. The standard InChI is InChI=1S/C9H16N2O4S.C6H7N/c10-16-6-2-5-11-8(13)4-1-3-7(12)9(14)15;7-6-4-2-1-3-5-6/h1-6,10H2,(H,11,13)(H,14,15);1-5H,7H2. The molecule has 0 fully saturated rings. The fraction of sp³-hybridized carbons (Fsp3) is 0.400. The number of Topliss-reactive ketones (excluding diaryl/α,β-unsaturated/α-hetero) is 1. The molecule has 0 atom stereocenters. The van der Waals surface area contributed by atoms with Crippen molar-refractivity contribution in [2.75, 3.05) is 18.0 Å². The molecule has 8 heteroatoms. The van der Waals surface area contributed by atoms with Crippen molar-refractivity contribution in [2.45, 2.75) is 25.7 Å². The van der Waals surface area contributed by atoms with Gasteiger partial charge in [0.25, 0.3) is 0 Å². The summed E-state index contributed by atoms with van der Waals surface area (Å²) in [5.41, 5.74) is 6.18. The van der Waals surface area contributed by atoms with Crippen molar-refractivity contribution in [3.8, 4) is 0 Å². The highest BCUT2D eigenvalue weighted by Gasteiger charge is 2.11. The predicted molar refractivity (Wildman–Crippen MR) is 91.6 cm³/mol. The maximum atomic E-state index is 11.1. The molecule has 128 valence electrons. The van der Waals surface area contributed by atoms with Gasteiger partial charge in [-0.25, -0.2) is 4.79 Å². The number of anilines is 1. The van der Waals surface area contributed by atoms with E-state index in [4.69, 9.17) is 16.0 Å². The first-order valence-electron chi connectivity index (χ1n) is 7.12. The number of carbonyl (C=O) groups excluding carboxylic acids is 2. The molecule has 0 unspecified atom stereocenters. The number of para-hydroxylation sites is 1. The second-order valence-electron chi connectivity index (χ2n) is 4.57. The third-order valence-corrected chi connectivity index (χ3v) is 3.13. The summed E-state index contributed by atoms with van der Waals surface area (Å²) in [6, 6.07) is 9.49. The molecule has 1 aromatic carbocycles. The number of carboxylic acid groups (broad SMARTS) is 1. The normalized spacial score (nSPS) is 9.43. The number of hydrogen-bond donors (Lipinski definition) is 4. The molecule has 0 aromatic heterocycles. The third-order valence-electron chi connectivity index (χ3n) is 2.61. The highest BCUT2D eigenvalue weighted by molar-refractivity contribution is 7.97. The summed E-state index contributed by atoms with van der Waals surface area (Å²) in [6.45, 7) is 0.551. The van der Waals surface area contributed by atoms with Gasteiger partial charge in [-0.1, -0.05) is 30.1 Å². The van der Waals surface area contributed by atoms with Crippen molar-refractivity contribution in [1.29, 1.82) is 0 Å². The van der Waals surface area contributed by atoms with Gasteiger partial charge in [-0.2, -0.15) is 0 Å². The zero-order chi connectivity index (χ0) is 17.5. The summed E-state index contributed by atoms with van der Waals surface area (Å²) in [7, 11) is 0. The Labute approximate surface area is 139 Å². The number of ketones is 1. The number of rotatable bonds is 9. The van der Waals surface area contributed by atoms with E-state index in [0.29, 0.717) is 6.54 Å². The average Bonchev–Trinajstić information content (AvgIpc) is 2.53. The number of nitrogens with two attached hydrogens (primary N) is 2. The summed E-state index contributed by atoms with van der Waals surface area (Å²) >= 11 is 1.22. The zero-order valence-corrected chi connectivity index (χ0v) is 13.7. The second-order valence-corrected chi connectivity index (χ2v) is 5.31. The van der Waals surface area contributed by atoms with Crippen molar-refractivity contribution in [3.63, 3.8) is 0 Å². The van der Waals surface area contributed by atoms with E-state index in [2.05, 4.69) is 5.32 Å². The summed E-state index contributed by atoms with van der Waals surface area (Å²) in [5, 5.41) is 16.1. The van der Waals surface area contributed by atoms with Crippen LogP contribution in [-0.2, 0) is 14.4 Å². The summed E-state index contributed by atoms with van der Waals surface area (Å²) < 4.78 is 0. The van der Waals surface area contributed by atoms with Gasteiger partial charge in [0.1, 0.15) is 0 Å². The first-order valence-corrected chi connectivity index (χ1v) is 8.17. The van der Waals surface area contributed by atoms with Crippen LogP contribution in [0.25, 0.3) is 0 Å². The van der Waals surface area contributed by atoms with Crippen molar-refractivity contribution >= 4 is 35.3 Å². The number of hydrogen-bond acceptors (Lipinski definition) is 6. The Morgan fingerprint density at radius 1 is 1.09 bits per heavy atom. The SMILES string of the molecule is NSCCCNC(=O)CCCC(=O)C(=O)O.Nc1ccccc1. The van der Waals surface area contributed by atoms with Gasteiger partial charge in [-0.15, -0.1) is 0 Å². The second kappa shape index (κ2) is 13.6. The Kier molecular flexibility index (Phi) is 12.4. The predicted octanol–water partition coefficient (Wildman–Crippen LogP) is 1.19. The van der Waals surface area contributed by atoms with Crippen LogP contribution in [0.3, 0.4) is 0 Å². The van der Waals surface area contributed by atoms with E-state index < -0.39 is 11.8 Å². The Bertz CT molecular complexity index is 483. The molecular weight excluding hydrogens is 318 g/mol. The van der Waals surface area contributed by atoms with Crippen LogP contribution in [0.5, 0.6) is 0 Å². The van der Waals surface area contributed by atoms with E-state index in [1.165, 1.54) is 11.9 Å². The first-order chi connectivity index (χ1) is 11.0. The van der Waals surface area contributed by atoms with Gasteiger partial charge < -0.3 is 16.2 Å². The quantitative estimate of drug-likeness (QED) is 0.229. The van der Waals surface area contributed by atoms with Crippen molar-refractivity contribution in [2.24, 2.45) is 5.14 Å². The zero-order valence-electron chi connectivity index (χ0n) is 12.9. The molecule has 0 aliphatic rings. The molecule has 6 N–H and O–H groups in total. The van der Waals surface area contributed by atoms with Crippen LogP contribution in [0.15, 0.2) is 30.3 Å². The Balaban J connectivity index is 0.000000568. The van der Waals surface area contributed by atoms with E-state index in [0.717, 1.165) is 17.9 Å². The van der Waals surface area contributed by atoms with E-state index >= 15 is 0 Å². The first kappa shape index (κ1) is 20.9. The van der Waals surface area contributed by atoms with Gasteiger partial charge in [0.05, 0.1) is 0 Å². The fourth-order valence-corrected chi connectivity index (χ4v) is 1.75. The largest absolute Gasteiger partial charge is 0.476 e. The monoisotopic (exact) mass is 341 g/mol. The molecule has 0 saturated carbocycles. The summed E-state index contributed by atoms with van der Waals surface area (Å²) in [5.74, 6) is -1.69. The van der Waals surface area contributed by atoms with Crippen molar-refractivity contribution < 1.29 is 19.5 Å². The number of carbonyl (C=O) groups is 3. The Hall–Kier alpha value is -2.06. The molecule has 0 bridgehead atoms. The Morgan fingerprint density at radius 2 is 1.74 bits per heavy atom. The van der Waals surface area contributed by atoms with Crippen LogP contribution >= 0.6 is 11.9 Å². The maximum absolute atomic E-state index is 11.1. The molecule has 0 spiro atoms. The number of nitrogens with one attached hydrogen (secondary N) is 1. The minimum Gasteiger partial charge on any atom is -0.476 e. The molecular formula is C15H23N3O4S. The smallest absolute Gasteiger partial charge is 0.372 e. The lowest BCUT2D eigenvalue weighted by atomic mass is 10.1. The number of amides is 1. The highest BCUT2D eigenvalue weighted by atomic mass is 32.2. The minimum atomic E-state index is -1.44. The topological polar surface area (TPSA) is 136 Å². The number of nitrogen functional groups attached to an aromatic ring is 1. The minimum absolute atomic E-state index is 0.0958. The molecule has 1 aromatic rings. The van der Waals surface area contributed by atoms with Crippen LogP contribution in [0.4, 0.5) is 5.69 Å². The molecule has 0 aliphatic carbocycles. The third kappa shape index (κ3) is 13.3. The maximum Gasteiger partial charge on any atom is 0.372 e. The highest BCUT2D eigenvalue weighted by Crippen LogP contribution is 1.97. The number of carboxylic acids is 1. The molecule has 0 aliphatic heterocycles. The molecule has 7 nitrogen and oxygen atoms in total. The average molecular weight is 341 g/mol. The van der Waals surface area contributed by atoms with Crippen LogP contribution in [-0.4, -0.2) is 35.1 Å². The van der Waals surface area contributed by atoms with Gasteiger partial charge in [0.2, 0.25) is 11.7 Å². The lowest BCUT2D eigenvalue weighted by molar-refractivity contribution is -0.149. The van der Waals surface area contributed by atoms with Gasteiger partial charge in [0, 0.05) is 30.8 Å².